The Kier molecular flexibility index (Phi) is 7.36. The Morgan fingerprint density at radius 3 is 2.24 bits per heavy atom. The SMILES string of the molecule is CCOC(=O)c1cc2c(nc(CO[Si](c3ccccc3)(c3ccccc3)C(C)(C)C)n2C[C@H]2CCO2)s1. The predicted octanol–water partition coefficient (Wildman–Crippen LogP) is 5.14. The molecule has 0 N–H and O–H groups in total. The fourth-order valence-electron chi connectivity index (χ4n) is 5.15. The molecule has 1 saturated heterocycles. The van der Waals surface area contributed by atoms with E-state index in [9.17, 15) is 4.79 Å². The Morgan fingerprint density at radius 1 is 1.11 bits per heavy atom. The number of benzene rings is 2. The van der Waals surface area contributed by atoms with Gasteiger partial charge in [-0.05, 0) is 34.8 Å². The first-order valence-electron chi connectivity index (χ1n) is 12.9. The van der Waals surface area contributed by atoms with E-state index in [4.69, 9.17) is 18.9 Å². The van der Waals surface area contributed by atoms with Crippen LogP contribution in [-0.4, -0.2) is 43.2 Å². The fraction of sp³-hybridized carbons (Fsp3) is 0.379. The topological polar surface area (TPSA) is 62.6 Å². The van der Waals surface area contributed by atoms with Crippen molar-refractivity contribution in [1.29, 1.82) is 0 Å². The first-order valence-corrected chi connectivity index (χ1v) is 15.6. The summed E-state index contributed by atoms with van der Waals surface area (Å²) in [5.41, 5.74) is 0.935. The number of esters is 1. The number of carbonyl (C=O) groups is 1. The molecule has 194 valence electrons. The molecule has 4 aromatic rings. The van der Waals surface area contributed by atoms with Crippen LogP contribution in [0, 0.1) is 0 Å². The minimum Gasteiger partial charge on any atom is -0.462 e. The van der Waals surface area contributed by atoms with E-state index in [0.717, 1.165) is 29.2 Å². The molecule has 2 aromatic heterocycles. The fourth-order valence-corrected chi connectivity index (χ4v) is 10.6. The summed E-state index contributed by atoms with van der Waals surface area (Å²) in [6.45, 7) is 10.8. The number of thiophene rings is 1. The number of imidazole rings is 1. The van der Waals surface area contributed by atoms with Gasteiger partial charge in [-0.1, -0.05) is 81.4 Å². The first kappa shape index (κ1) is 25.8. The molecule has 1 fully saturated rings. The maximum Gasteiger partial charge on any atom is 0.348 e. The lowest BCUT2D eigenvalue weighted by molar-refractivity contribution is -0.0592. The molecule has 37 heavy (non-hydrogen) atoms. The van der Waals surface area contributed by atoms with Gasteiger partial charge in [-0.2, -0.15) is 0 Å². The number of aromatic nitrogens is 2. The second-order valence-electron chi connectivity index (χ2n) is 10.4. The Labute approximate surface area is 223 Å². The second kappa shape index (κ2) is 10.5. The lowest BCUT2D eigenvalue weighted by atomic mass is 10.2. The number of hydrogen-bond donors (Lipinski definition) is 0. The zero-order chi connectivity index (χ0) is 26.0. The molecular weight excluding hydrogens is 500 g/mol. The zero-order valence-corrected chi connectivity index (χ0v) is 23.7. The molecule has 1 atom stereocenters. The number of hydrogen-bond acceptors (Lipinski definition) is 6. The van der Waals surface area contributed by atoms with E-state index in [1.54, 1.807) is 0 Å². The highest BCUT2D eigenvalue weighted by Crippen LogP contribution is 2.38. The van der Waals surface area contributed by atoms with E-state index in [2.05, 4.69) is 86.0 Å². The molecule has 0 unspecified atom stereocenters. The third kappa shape index (κ3) is 4.91. The molecule has 1 aliphatic rings. The highest BCUT2D eigenvalue weighted by molar-refractivity contribution is 7.20. The molecule has 8 heteroatoms. The van der Waals surface area contributed by atoms with Crippen molar-refractivity contribution in [3.63, 3.8) is 0 Å². The Hall–Kier alpha value is -2.78. The quantitative estimate of drug-likeness (QED) is 0.220. The van der Waals surface area contributed by atoms with E-state index in [-0.39, 0.29) is 17.1 Å². The van der Waals surface area contributed by atoms with E-state index in [0.29, 0.717) is 24.6 Å². The largest absolute Gasteiger partial charge is 0.462 e. The molecule has 0 radical (unpaired) electrons. The Bertz CT molecular complexity index is 1320. The smallest absolute Gasteiger partial charge is 0.348 e. The van der Waals surface area contributed by atoms with Gasteiger partial charge < -0.3 is 18.5 Å². The summed E-state index contributed by atoms with van der Waals surface area (Å²) >= 11 is 1.37. The molecule has 0 amide bonds. The van der Waals surface area contributed by atoms with Crippen molar-refractivity contribution in [3.8, 4) is 0 Å². The first-order chi connectivity index (χ1) is 17.8. The van der Waals surface area contributed by atoms with Crippen molar-refractivity contribution in [1.82, 2.24) is 9.55 Å². The molecule has 0 aliphatic carbocycles. The average Bonchev–Trinajstić information content (AvgIpc) is 3.41. The van der Waals surface area contributed by atoms with Gasteiger partial charge in [0.1, 0.15) is 15.5 Å². The van der Waals surface area contributed by atoms with Crippen LogP contribution in [0.4, 0.5) is 0 Å². The molecule has 2 aromatic carbocycles. The lowest BCUT2D eigenvalue weighted by Crippen LogP contribution is -2.66. The van der Waals surface area contributed by atoms with Crippen LogP contribution in [0.3, 0.4) is 0 Å². The molecule has 0 spiro atoms. The van der Waals surface area contributed by atoms with Gasteiger partial charge in [-0.25, -0.2) is 9.78 Å². The summed E-state index contributed by atoms with van der Waals surface area (Å²) in [7, 11) is -2.71. The summed E-state index contributed by atoms with van der Waals surface area (Å²) in [6.07, 6.45) is 1.17. The third-order valence-corrected chi connectivity index (χ3v) is 13.0. The van der Waals surface area contributed by atoms with Crippen LogP contribution in [0.1, 0.15) is 49.6 Å². The molecule has 6 nitrogen and oxygen atoms in total. The highest BCUT2D eigenvalue weighted by atomic mass is 32.1. The van der Waals surface area contributed by atoms with E-state index < -0.39 is 8.32 Å². The van der Waals surface area contributed by atoms with Crippen LogP contribution >= 0.6 is 11.3 Å². The van der Waals surface area contributed by atoms with Gasteiger partial charge in [-0.3, -0.25) is 0 Å². The molecule has 3 heterocycles. The van der Waals surface area contributed by atoms with Crippen LogP contribution in [-0.2, 0) is 27.1 Å². The zero-order valence-electron chi connectivity index (χ0n) is 21.9. The van der Waals surface area contributed by atoms with Crippen molar-refractivity contribution in [2.45, 2.75) is 58.4 Å². The number of fused-ring (bicyclic) bond motifs is 1. The van der Waals surface area contributed by atoms with Crippen LogP contribution in [0.25, 0.3) is 10.3 Å². The van der Waals surface area contributed by atoms with E-state index >= 15 is 0 Å². The summed E-state index contributed by atoms with van der Waals surface area (Å²) in [6, 6.07) is 23.2. The van der Waals surface area contributed by atoms with Gasteiger partial charge >= 0.3 is 5.97 Å². The van der Waals surface area contributed by atoms with Gasteiger partial charge in [0.05, 0.1) is 31.4 Å². The van der Waals surface area contributed by atoms with E-state index in [1.165, 1.54) is 21.7 Å². The monoisotopic (exact) mass is 534 g/mol. The number of nitrogens with zero attached hydrogens (tertiary/aromatic N) is 2. The minimum absolute atomic E-state index is 0.126. The number of carbonyl (C=O) groups excluding carboxylic acids is 1. The van der Waals surface area contributed by atoms with Crippen molar-refractivity contribution in [3.05, 3.63) is 77.4 Å². The summed E-state index contributed by atoms with van der Waals surface area (Å²) < 4.78 is 20.3. The Morgan fingerprint density at radius 2 is 1.73 bits per heavy atom. The standard InChI is InChI=1S/C29H34N2O4SSi/c1-5-33-28(32)25-18-24-27(36-25)30-26(31(24)19-21-16-17-34-21)20-35-37(29(2,3)4,22-12-8-6-9-13-22)23-14-10-7-11-15-23/h6-15,18,21H,5,16-17,19-20H2,1-4H3/t21-/m1/s1. The normalized spacial score (nSPS) is 16.1. The molecule has 1 aliphatic heterocycles. The van der Waals surface area contributed by atoms with Crippen molar-refractivity contribution in [2.75, 3.05) is 13.2 Å². The van der Waals surface area contributed by atoms with Crippen LogP contribution < -0.4 is 10.4 Å². The summed E-state index contributed by atoms with van der Waals surface area (Å²) in [5.74, 6) is 0.558. The van der Waals surface area contributed by atoms with Crippen LogP contribution in [0.15, 0.2) is 66.7 Å². The van der Waals surface area contributed by atoms with Crippen LogP contribution in [0.5, 0.6) is 0 Å². The maximum absolute atomic E-state index is 12.4. The van der Waals surface area contributed by atoms with Gasteiger partial charge in [0, 0.05) is 6.61 Å². The van der Waals surface area contributed by atoms with Gasteiger partial charge in [-0.15, -0.1) is 11.3 Å². The van der Waals surface area contributed by atoms with Gasteiger partial charge in [0.25, 0.3) is 8.32 Å². The van der Waals surface area contributed by atoms with E-state index in [1.807, 2.05) is 13.0 Å². The van der Waals surface area contributed by atoms with Crippen molar-refractivity contribution < 1.29 is 18.7 Å². The van der Waals surface area contributed by atoms with Crippen molar-refractivity contribution in [2.24, 2.45) is 0 Å². The molecule has 0 saturated carbocycles. The number of rotatable bonds is 9. The Balaban J connectivity index is 1.56. The second-order valence-corrected chi connectivity index (χ2v) is 15.7. The predicted molar refractivity (Wildman–Crippen MR) is 150 cm³/mol. The average molecular weight is 535 g/mol. The maximum atomic E-state index is 12.4. The highest BCUT2D eigenvalue weighted by Gasteiger charge is 2.50. The molecule has 5 rings (SSSR count). The molecule has 0 bridgehead atoms. The lowest BCUT2D eigenvalue weighted by Gasteiger charge is -2.43. The third-order valence-electron chi connectivity index (χ3n) is 7.02. The number of ether oxygens (including phenoxy) is 2. The minimum atomic E-state index is -2.71. The summed E-state index contributed by atoms with van der Waals surface area (Å²) in [4.78, 5) is 18.8. The van der Waals surface area contributed by atoms with Gasteiger partial charge in [0.15, 0.2) is 0 Å². The summed E-state index contributed by atoms with van der Waals surface area (Å²) in [5, 5.41) is 2.35. The molecular formula is C29H34N2O4SSi. The van der Waals surface area contributed by atoms with Crippen molar-refractivity contribution >= 4 is 46.3 Å². The van der Waals surface area contributed by atoms with Gasteiger partial charge in [0.2, 0.25) is 0 Å². The van der Waals surface area contributed by atoms with Crippen LogP contribution in [0.2, 0.25) is 5.04 Å².